The molecule has 7 N–H and O–H groups in total. The molecule has 1 aliphatic carbocycles. The summed E-state index contributed by atoms with van der Waals surface area (Å²) in [6.07, 6.45) is 4.25. The number of aliphatic carboxylic acids is 2. The molecule has 1 saturated carbocycles. The maximum Gasteiger partial charge on any atom is 2.00 e. The Hall–Kier alpha value is -0.532. The molecule has 0 aliphatic heterocycles. The van der Waals surface area contributed by atoms with Crippen molar-refractivity contribution in [3.63, 3.8) is 0 Å². The first-order chi connectivity index (χ1) is 7.45. The van der Waals surface area contributed by atoms with Crippen LogP contribution < -0.4 is 0 Å². The maximum absolute atomic E-state index is 9.10. The van der Waals surface area contributed by atoms with Crippen LogP contribution in [-0.2, 0) is 30.7 Å². The largest absolute Gasteiger partial charge is 2.00 e. The summed E-state index contributed by atoms with van der Waals surface area (Å²) in [4.78, 5) is 18.2. The molecule has 0 aromatic heterocycles. The minimum Gasteiger partial charge on any atom is -0.676 e. The Morgan fingerprint density at radius 1 is 0.944 bits per heavy atom. The predicted octanol–water partition coefficient (Wildman–Crippen LogP) is 0.339. The van der Waals surface area contributed by atoms with Crippen LogP contribution in [0.1, 0.15) is 25.7 Å². The predicted molar refractivity (Wildman–Crippen MR) is 61.7 cm³/mol. The van der Waals surface area contributed by atoms with Crippen LogP contribution in [0.15, 0.2) is 0 Å². The minimum absolute atomic E-state index is 0. The van der Waals surface area contributed by atoms with Gasteiger partial charge in [-0.2, -0.15) is 12.1 Å². The van der Waals surface area contributed by atoms with Gasteiger partial charge >= 0.3 is 33.0 Å². The standard InChI is InChI=1S/C6H12N2.C2H2O4.CH4O.H2O.Pt/c7-5-3-1-2-4-6(5)8;3-1(4)2(5)6;1-2;;/h5-8H,1-4H2;(H,3,4)(H,5,6);2H,1H3;1H2;/q-2;;;;+2/t5-,6-;;;;/m1..../s1. The van der Waals surface area contributed by atoms with Gasteiger partial charge in [-0.1, -0.05) is 25.7 Å². The number of hydrogen-bond donors (Lipinski definition) is 3. The number of carboxylic acid groups (broad SMARTS) is 2. The zero-order valence-electron chi connectivity index (χ0n) is 9.96. The SMILES string of the molecule is CO.O.O=C(O)C(=O)O.[NH-][C@@H]1CCCC[C@H]1[NH-].[Pt+2]. The molecule has 0 aromatic carbocycles. The molecular formula is C9H20N2O6Pt. The quantitative estimate of drug-likeness (QED) is 0.453. The van der Waals surface area contributed by atoms with Gasteiger partial charge in [-0.3, -0.25) is 0 Å². The Morgan fingerprint density at radius 2 is 1.17 bits per heavy atom. The second-order valence-corrected chi connectivity index (χ2v) is 3.11. The molecule has 18 heavy (non-hydrogen) atoms. The van der Waals surface area contributed by atoms with E-state index in [0.717, 1.165) is 20.0 Å². The molecule has 0 aromatic rings. The van der Waals surface area contributed by atoms with Crippen molar-refractivity contribution >= 4 is 11.9 Å². The van der Waals surface area contributed by atoms with E-state index in [0.29, 0.717) is 0 Å². The van der Waals surface area contributed by atoms with E-state index in [-0.39, 0.29) is 38.6 Å². The summed E-state index contributed by atoms with van der Waals surface area (Å²) < 4.78 is 0. The monoisotopic (exact) mass is 447 g/mol. The Balaban J connectivity index is -0.0000000895. The molecule has 0 unspecified atom stereocenters. The van der Waals surface area contributed by atoms with Crippen molar-refractivity contribution in [3.8, 4) is 0 Å². The van der Waals surface area contributed by atoms with Gasteiger partial charge in [0.1, 0.15) is 0 Å². The number of hydrogen-bond acceptors (Lipinski definition) is 3. The summed E-state index contributed by atoms with van der Waals surface area (Å²) in [6, 6.07) is -0.160. The maximum atomic E-state index is 9.10. The first-order valence-electron chi connectivity index (χ1n) is 4.78. The number of rotatable bonds is 0. The van der Waals surface area contributed by atoms with Gasteiger partial charge in [0.15, 0.2) is 0 Å². The summed E-state index contributed by atoms with van der Waals surface area (Å²) in [5, 5.41) is 21.8. The molecule has 0 bridgehead atoms. The number of aliphatic hydroxyl groups is 1. The van der Waals surface area contributed by atoms with Crippen LogP contribution in [0.3, 0.4) is 0 Å². The molecule has 2 atom stereocenters. The van der Waals surface area contributed by atoms with Gasteiger partial charge in [-0.15, -0.1) is 0 Å². The summed E-state index contributed by atoms with van der Waals surface area (Å²) >= 11 is 0. The fraction of sp³-hybridized carbons (Fsp3) is 0.778. The molecule has 1 rings (SSSR count). The number of carbonyl (C=O) groups is 2. The molecule has 0 radical (unpaired) electrons. The fourth-order valence-corrected chi connectivity index (χ4v) is 1.13. The van der Waals surface area contributed by atoms with E-state index < -0.39 is 11.9 Å². The summed E-state index contributed by atoms with van der Waals surface area (Å²) in [5.41, 5.74) is 14.6. The number of nitrogens with one attached hydrogen (secondary N) is 2. The van der Waals surface area contributed by atoms with Crippen LogP contribution in [0.25, 0.3) is 11.5 Å². The Bertz CT molecular complexity index is 195. The van der Waals surface area contributed by atoms with Crippen molar-refractivity contribution in [2.24, 2.45) is 0 Å². The number of carboxylic acids is 2. The van der Waals surface area contributed by atoms with E-state index in [1.54, 1.807) is 0 Å². The molecular weight excluding hydrogens is 427 g/mol. The summed E-state index contributed by atoms with van der Waals surface area (Å²) in [5.74, 6) is -3.65. The molecule has 112 valence electrons. The van der Waals surface area contributed by atoms with Gasteiger partial charge in [-0.05, 0) is 0 Å². The van der Waals surface area contributed by atoms with Crippen molar-refractivity contribution in [1.82, 2.24) is 0 Å². The van der Waals surface area contributed by atoms with E-state index >= 15 is 0 Å². The average molecular weight is 447 g/mol. The third kappa shape index (κ3) is 15.5. The van der Waals surface area contributed by atoms with E-state index in [4.69, 9.17) is 36.4 Å². The van der Waals surface area contributed by atoms with Crippen LogP contribution in [0.5, 0.6) is 0 Å². The van der Waals surface area contributed by atoms with Gasteiger partial charge in [0.25, 0.3) is 0 Å². The second kappa shape index (κ2) is 16.5. The molecule has 1 aliphatic rings. The van der Waals surface area contributed by atoms with Crippen LogP contribution in [-0.4, -0.2) is 51.9 Å². The van der Waals surface area contributed by atoms with Crippen molar-refractivity contribution in [2.45, 2.75) is 37.8 Å². The fourth-order valence-electron chi connectivity index (χ4n) is 1.13. The van der Waals surface area contributed by atoms with Gasteiger partial charge in [-0.25, -0.2) is 9.59 Å². The molecule has 0 heterocycles. The van der Waals surface area contributed by atoms with E-state index in [1.807, 2.05) is 0 Å². The molecule has 8 nitrogen and oxygen atoms in total. The van der Waals surface area contributed by atoms with Gasteiger partial charge in [0.2, 0.25) is 0 Å². The molecule has 9 heteroatoms. The Labute approximate surface area is 120 Å². The molecule has 0 spiro atoms. The van der Waals surface area contributed by atoms with E-state index in [9.17, 15) is 0 Å². The van der Waals surface area contributed by atoms with Crippen LogP contribution >= 0.6 is 0 Å². The third-order valence-corrected chi connectivity index (χ3v) is 1.95. The molecule has 1 fully saturated rings. The van der Waals surface area contributed by atoms with Crippen molar-refractivity contribution in [2.75, 3.05) is 7.11 Å². The van der Waals surface area contributed by atoms with Gasteiger partial charge in [0, 0.05) is 7.11 Å². The Kier molecular flexibility index (Phi) is 23.9. The van der Waals surface area contributed by atoms with E-state index in [1.165, 1.54) is 12.8 Å². The van der Waals surface area contributed by atoms with Crippen LogP contribution in [0.2, 0.25) is 0 Å². The van der Waals surface area contributed by atoms with Gasteiger partial charge < -0.3 is 32.3 Å². The normalized spacial score (nSPS) is 20.4. The van der Waals surface area contributed by atoms with E-state index in [2.05, 4.69) is 0 Å². The smallest absolute Gasteiger partial charge is 0.676 e. The van der Waals surface area contributed by atoms with Crippen molar-refractivity contribution in [3.05, 3.63) is 11.5 Å². The average Bonchev–Trinajstić information content (AvgIpc) is 2.26. The van der Waals surface area contributed by atoms with Crippen molar-refractivity contribution < 1.29 is 51.5 Å². The summed E-state index contributed by atoms with van der Waals surface area (Å²) in [6.45, 7) is 0. The zero-order valence-corrected chi connectivity index (χ0v) is 12.2. The number of aliphatic hydroxyl groups excluding tert-OH is 1. The van der Waals surface area contributed by atoms with Crippen LogP contribution in [0.4, 0.5) is 0 Å². The van der Waals surface area contributed by atoms with Crippen molar-refractivity contribution in [1.29, 1.82) is 0 Å². The summed E-state index contributed by atoms with van der Waals surface area (Å²) in [7, 11) is 1.00. The zero-order chi connectivity index (χ0) is 13.1. The first-order valence-corrected chi connectivity index (χ1v) is 4.78. The van der Waals surface area contributed by atoms with Crippen LogP contribution in [0, 0.1) is 0 Å². The first kappa shape index (κ1) is 26.1. The molecule has 0 saturated heterocycles. The third-order valence-electron chi connectivity index (χ3n) is 1.95. The van der Waals surface area contributed by atoms with Gasteiger partial charge in [0.05, 0.1) is 0 Å². The Morgan fingerprint density at radius 3 is 1.28 bits per heavy atom. The topological polar surface area (TPSA) is 174 Å². The molecule has 0 amide bonds. The second-order valence-electron chi connectivity index (χ2n) is 3.11. The minimum atomic E-state index is -1.82.